The number of hydrogen-bond donors (Lipinski definition) is 1. The van der Waals surface area contributed by atoms with Crippen molar-refractivity contribution in [1.82, 2.24) is 9.78 Å². The molecule has 0 spiro atoms. The fourth-order valence-electron chi connectivity index (χ4n) is 2.06. The van der Waals surface area contributed by atoms with Gasteiger partial charge in [-0.3, -0.25) is 4.79 Å². The predicted molar refractivity (Wildman–Crippen MR) is 94.9 cm³/mol. The standard InChI is InChI=1S/C16H12BrN3O3S/c1-23-16(22)14-12(7-8-24-14)18-15(21)13-11(17)9-20(19-13)10-5-3-2-4-6-10/h2-9H,1H3,(H,18,21). The van der Waals surface area contributed by atoms with Gasteiger partial charge in [-0.05, 0) is 39.5 Å². The summed E-state index contributed by atoms with van der Waals surface area (Å²) in [5.41, 5.74) is 1.46. The molecule has 0 aliphatic rings. The number of carbonyl (C=O) groups excluding carboxylic acids is 2. The van der Waals surface area contributed by atoms with Crippen LogP contribution < -0.4 is 5.32 Å². The van der Waals surface area contributed by atoms with Crippen LogP contribution in [0.25, 0.3) is 5.69 Å². The lowest BCUT2D eigenvalue weighted by atomic mass is 10.3. The first-order valence-corrected chi connectivity index (χ1v) is 8.55. The maximum atomic E-state index is 12.5. The minimum Gasteiger partial charge on any atom is -0.465 e. The number of methoxy groups -OCH3 is 1. The van der Waals surface area contributed by atoms with Crippen LogP contribution in [-0.4, -0.2) is 28.8 Å². The summed E-state index contributed by atoms with van der Waals surface area (Å²) in [5, 5.41) is 8.70. The number of aromatic nitrogens is 2. The third-order valence-corrected chi connectivity index (χ3v) is 4.66. The van der Waals surface area contributed by atoms with Gasteiger partial charge >= 0.3 is 5.97 Å². The minimum absolute atomic E-state index is 0.223. The Morgan fingerprint density at radius 2 is 2.00 bits per heavy atom. The monoisotopic (exact) mass is 405 g/mol. The maximum absolute atomic E-state index is 12.5. The number of carbonyl (C=O) groups is 2. The van der Waals surface area contributed by atoms with Crippen molar-refractivity contribution < 1.29 is 14.3 Å². The summed E-state index contributed by atoms with van der Waals surface area (Å²) in [6.07, 6.45) is 1.71. The lowest BCUT2D eigenvalue weighted by molar-refractivity contribution is 0.0607. The van der Waals surface area contributed by atoms with Crippen LogP contribution in [0.15, 0.2) is 52.4 Å². The quantitative estimate of drug-likeness (QED) is 0.671. The molecule has 0 saturated heterocycles. The summed E-state index contributed by atoms with van der Waals surface area (Å²) in [7, 11) is 1.30. The van der Waals surface area contributed by atoms with E-state index < -0.39 is 11.9 Å². The summed E-state index contributed by atoms with van der Waals surface area (Å²) >= 11 is 4.55. The van der Waals surface area contributed by atoms with Crippen molar-refractivity contribution in [2.45, 2.75) is 0 Å². The zero-order valence-corrected chi connectivity index (χ0v) is 14.9. The molecule has 3 aromatic rings. The molecule has 24 heavy (non-hydrogen) atoms. The molecule has 0 radical (unpaired) electrons. The maximum Gasteiger partial charge on any atom is 0.350 e. The molecule has 0 atom stereocenters. The highest BCUT2D eigenvalue weighted by Crippen LogP contribution is 2.25. The Kier molecular flexibility index (Phi) is 4.77. The van der Waals surface area contributed by atoms with Gasteiger partial charge in [0.2, 0.25) is 0 Å². The van der Waals surface area contributed by atoms with Gasteiger partial charge < -0.3 is 10.1 Å². The molecular formula is C16H12BrN3O3S. The lowest BCUT2D eigenvalue weighted by Gasteiger charge is -2.04. The van der Waals surface area contributed by atoms with Gasteiger partial charge in [-0.1, -0.05) is 18.2 Å². The van der Waals surface area contributed by atoms with Gasteiger partial charge in [-0.25, -0.2) is 9.48 Å². The van der Waals surface area contributed by atoms with Crippen LogP contribution in [0.4, 0.5) is 5.69 Å². The summed E-state index contributed by atoms with van der Waals surface area (Å²) in [6, 6.07) is 11.1. The number of para-hydroxylation sites is 1. The van der Waals surface area contributed by atoms with Crippen molar-refractivity contribution in [3.8, 4) is 5.69 Å². The topological polar surface area (TPSA) is 73.2 Å². The van der Waals surface area contributed by atoms with Gasteiger partial charge in [-0.15, -0.1) is 11.3 Å². The Morgan fingerprint density at radius 1 is 1.25 bits per heavy atom. The summed E-state index contributed by atoms with van der Waals surface area (Å²) in [6.45, 7) is 0. The molecule has 3 rings (SSSR count). The second-order valence-electron chi connectivity index (χ2n) is 4.71. The third kappa shape index (κ3) is 3.24. The molecule has 8 heteroatoms. The Morgan fingerprint density at radius 3 is 2.71 bits per heavy atom. The third-order valence-electron chi connectivity index (χ3n) is 3.19. The number of nitrogens with one attached hydrogen (secondary N) is 1. The molecule has 6 nitrogen and oxygen atoms in total. The van der Waals surface area contributed by atoms with E-state index in [-0.39, 0.29) is 5.69 Å². The largest absolute Gasteiger partial charge is 0.465 e. The molecule has 0 bridgehead atoms. The zero-order valence-electron chi connectivity index (χ0n) is 12.5. The lowest BCUT2D eigenvalue weighted by Crippen LogP contribution is -2.15. The second-order valence-corrected chi connectivity index (χ2v) is 6.49. The molecule has 0 saturated carbocycles. The first-order valence-electron chi connectivity index (χ1n) is 6.88. The van der Waals surface area contributed by atoms with Crippen LogP contribution >= 0.6 is 27.3 Å². The Bertz CT molecular complexity index is 889. The van der Waals surface area contributed by atoms with Gasteiger partial charge in [0, 0.05) is 6.20 Å². The molecule has 0 unspecified atom stereocenters. The van der Waals surface area contributed by atoms with E-state index in [1.165, 1.54) is 18.4 Å². The fourth-order valence-corrected chi connectivity index (χ4v) is 3.28. The minimum atomic E-state index is -0.491. The first-order chi connectivity index (χ1) is 11.6. The van der Waals surface area contributed by atoms with E-state index in [0.29, 0.717) is 15.0 Å². The van der Waals surface area contributed by atoms with Crippen LogP contribution in [-0.2, 0) is 4.74 Å². The summed E-state index contributed by atoms with van der Waals surface area (Å²) < 4.78 is 6.86. The number of ether oxygens (including phenoxy) is 1. The molecule has 0 aliphatic heterocycles. The van der Waals surface area contributed by atoms with E-state index in [0.717, 1.165) is 5.69 Å². The van der Waals surface area contributed by atoms with Crippen molar-refractivity contribution in [3.05, 3.63) is 63.0 Å². The van der Waals surface area contributed by atoms with Crippen molar-refractivity contribution in [1.29, 1.82) is 0 Å². The number of nitrogens with zero attached hydrogens (tertiary/aromatic N) is 2. The average molecular weight is 406 g/mol. The van der Waals surface area contributed by atoms with Crippen LogP contribution in [0.1, 0.15) is 20.2 Å². The summed E-state index contributed by atoms with van der Waals surface area (Å²) in [4.78, 5) is 24.5. The zero-order chi connectivity index (χ0) is 17.1. The molecule has 0 aliphatic carbocycles. The second kappa shape index (κ2) is 6.98. The van der Waals surface area contributed by atoms with E-state index in [9.17, 15) is 9.59 Å². The molecule has 0 fully saturated rings. The Balaban J connectivity index is 1.85. The number of amides is 1. The van der Waals surface area contributed by atoms with Crippen LogP contribution in [0, 0.1) is 0 Å². The van der Waals surface area contributed by atoms with Gasteiger partial charge in [-0.2, -0.15) is 5.10 Å². The van der Waals surface area contributed by atoms with Crippen LogP contribution in [0.3, 0.4) is 0 Å². The van der Waals surface area contributed by atoms with Crippen molar-refractivity contribution >= 4 is 44.8 Å². The molecule has 1 N–H and O–H groups in total. The van der Waals surface area contributed by atoms with E-state index in [1.807, 2.05) is 30.3 Å². The summed E-state index contributed by atoms with van der Waals surface area (Å²) in [5.74, 6) is -0.908. The number of hydrogen-bond acceptors (Lipinski definition) is 5. The van der Waals surface area contributed by atoms with Gasteiger partial charge in [0.15, 0.2) is 5.69 Å². The van der Waals surface area contributed by atoms with Crippen molar-refractivity contribution in [2.75, 3.05) is 12.4 Å². The Labute approximate surface area is 150 Å². The van der Waals surface area contributed by atoms with E-state index in [2.05, 4.69) is 26.3 Å². The smallest absolute Gasteiger partial charge is 0.350 e. The SMILES string of the molecule is COC(=O)c1sccc1NC(=O)c1nn(-c2ccccc2)cc1Br. The Hall–Kier alpha value is -2.45. The fraction of sp³-hybridized carbons (Fsp3) is 0.0625. The first kappa shape index (κ1) is 16.4. The van der Waals surface area contributed by atoms with Crippen molar-refractivity contribution in [3.63, 3.8) is 0 Å². The molecule has 2 aromatic heterocycles. The predicted octanol–water partition coefficient (Wildman–Crippen LogP) is 3.74. The van der Waals surface area contributed by atoms with Gasteiger partial charge in [0.1, 0.15) is 4.88 Å². The number of thiophene rings is 1. The van der Waals surface area contributed by atoms with E-state index in [1.54, 1.807) is 22.3 Å². The van der Waals surface area contributed by atoms with Gasteiger partial charge in [0.25, 0.3) is 5.91 Å². The van der Waals surface area contributed by atoms with Crippen molar-refractivity contribution in [2.24, 2.45) is 0 Å². The number of anilines is 1. The van der Waals surface area contributed by atoms with Gasteiger partial charge in [0.05, 0.1) is 23.0 Å². The molecule has 122 valence electrons. The number of benzene rings is 1. The number of rotatable bonds is 4. The highest BCUT2D eigenvalue weighted by atomic mass is 79.9. The molecule has 2 heterocycles. The highest BCUT2D eigenvalue weighted by Gasteiger charge is 2.20. The molecule has 1 aromatic carbocycles. The van der Waals surface area contributed by atoms with E-state index in [4.69, 9.17) is 4.74 Å². The molecule has 1 amide bonds. The van der Waals surface area contributed by atoms with Crippen LogP contribution in [0.5, 0.6) is 0 Å². The highest BCUT2D eigenvalue weighted by molar-refractivity contribution is 9.10. The number of esters is 1. The van der Waals surface area contributed by atoms with Crippen LogP contribution in [0.2, 0.25) is 0 Å². The molecular weight excluding hydrogens is 394 g/mol. The normalized spacial score (nSPS) is 10.4. The van der Waals surface area contributed by atoms with E-state index >= 15 is 0 Å². The average Bonchev–Trinajstić information content (AvgIpc) is 3.21. The number of halogens is 1.